The zero-order chi connectivity index (χ0) is 17.1. The van der Waals surface area contributed by atoms with Crippen LogP contribution < -0.4 is 5.73 Å². The standard InChI is InChI=1S/C18H23N3O3.ClH/c19-10-14-11-20(12-15(14)13-4-2-1-3-5-13)16(22)8-9-21-17(23)6-7-18(21)24;/h1-5,14-15H,6-12,19H2;1H/t14-,15+;/m1./s1. The molecule has 136 valence electrons. The average Bonchev–Trinajstić information content (AvgIpc) is 3.17. The van der Waals surface area contributed by atoms with E-state index in [9.17, 15) is 14.4 Å². The number of carbonyl (C=O) groups excluding carboxylic acids is 3. The molecule has 0 aromatic heterocycles. The highest BCUT2D eigenvalue weighted by atomic mass is 35.5. The van der Waals surface area contributed by atoms with Gasteiger partial charge in [0.05, 0.1) is 0 Å². The number of imide groups is 1. The van der Waals surface area contributed by atoms with Gasteiger partial charge in [0.15, 0.2) is 0 Å². The van der Waals surface area contributed by atoms with Gasteiger partial charge in [0.2, 0.25) is 17.7 Å². The summed E-state index contributed by atoms with van der Waals surface area (Å²) in [5.74, 6) is 0.133. The fraction of sp³-hybridized carbons (Fsp3) is 0.500. The Morgan fingerprint density at radius 2 is 1.72 bits per heavy atom. The third-order valence-corrected chi connectivity index (χ3v) is 5.03. The summed E-state index contributed by atoms with van der Waals surface area (Å²) < 4.78 is 0. The summed E-state index contributed by atoms with van der Waals surface area (Å²) in [6.45, 7) is 2.01. The Kier molecular flexibility index (Phi) is 6.56. The summed E-state index contributed by atoms with van der Waals surface area (Å²) in [6.07, 6.45) is 0.723. The molecule has 1 aromatic rings. The molecule has 0 aliphatic carbocycles. The van der Waals surface area contributed by atoms with Gasteiger partial charge in [-0.05, 0) is 18.0 Å². The van der Waals surface area contributed by atoms with Gasteiger partial charge in [-0.3, -0.25) is 19.3 Å². The van der Waals surface area contributed by atoms with Crippen LogP contribution in [-0.2, 0) is 14.4 Å². The number of carbonyl (C=O) groups is 3. The SMILES string of the molecule is Cl.NC[C@@H]1CN(C(=O)CCN2C(=O)CCC2=O)C[C@H]1c1ccccc1. The minimum Gasteiger partial charge on any atom is -0.342 e. The highest BCUT2D eigenvalue weighted by Crippen LogP contribution is 2.32. The van der Waals surface area contributed by atoms with Gasteiger partial charge in [0.25, 0.3) is 0 Å². The summed E-state index contributed by atoms with van der Waals surface area (Å²) in [4.78, 5) is 38.8. The molecule has 2 saturated heterocycles. The number of hydrogen-bond acceptors (Lipinski definition) is 4. The van der Waals surface area contributed by atoms with E-state index in [0.717, 1.165) is 0 Å². The van der Waals surface area contributed by atoms with Crippen molar-refractivity contribution in [2.75, 3.05) is 26.2 Å². The monoisotopic (exact) mass is 365 g/mol. The lowest BCUT2D eigenvalue weighted by Gasteiger charge is -2.19. The Balaban J connectivity index is 0.00000225. The van der Waals surface area contributed by atoms with Gasteiger partial charge in [-0.15, -0.1) is 12.4 Å². The number of benzene rings is 1. The first kappa shape index (κ1) is 19.4. The molecule has 2 aliphatic heterocycles. The molecule has 0 radical (unpaired) electrons. The molecule has 0 spiro atoms. The lowest BCUT2D eigenvalue weighted by Crippen LogP contribution is -2.36. The highest BCUT2D eigenvalue weighted by Gasteiger charge is 2.36. The summed E-state index contributed by atoms with van der Waals surface area (Å²) >= 11 is 0. The van der Waals surface area contributed by atoms with Crippen LogP contribution in [0.3, 0.4) is 0 Å². The van der Waals surface area contributed by atoms with Crippen molar-refractivity contribution in [1.82, 2.24) is 9.80 Å². The number of likely N-dealkylation sites (tertiary alicyclic amines) is 2. The number of nitrogens with two attached hydrogens (primary N) is 1. The number of nitrogens with zero attached hydrogens (tertiary/aromatic N) is 2. The van der Waals surface area contributed by atoms with E-state index in [4.69, 9.17) is 5.73 Å². The molecule has 2 fully saturated rings. The Bertz CT molecular complexity index is 622. The van der Waals surface area contributed by atoms with Gasteiger partial charge >= 0.3 is 0 Å². The van der Waals surface area contributed by atoms with Gasteiger partial charge < -0.3 is 10.6 Å². The molecule has 1 aromatic carbocycles. The molecule has 3 rings (SSSR count). The van der Waals surface area contributed by atoms with Crippen molar-refractivity contribution in [3.63, 3.8) is 0 Å². The van der Waals surface area contributed by atoms with Crippen molar-refractivity contribution in [3.8, 4) is 0 Å². The van der Waals surface area contributed by atoms with E-state index < -0.39 is 0 Å². The molecule has 2 N–H and O–H groups in total. The molecule has 0 bridgehead atoms. The second-order valence-electron chi connectivity index (χ2n) is 6.50. The first-order valence-electron chi connectivity index (χ1n) is 8.46. The first-order chi connectivity index (χ1) is 11.6. The zero-order valence-electron chi connectivity index (χ0n) is 14.1. The maximum absolute atomic E-state index is 12.5. The quantitative estimate of drug-likeness (QED) is 0.793. The highest BCUT2D eigenvalue weighted by molar-refractivity contribution is 6.02. The van der Waals surface area contributed by atoms with E-state index in [-0.39, 0.29) is 67.8 Å². The van der Waals surface area contributed by atoms with Crippen LogP contribution in [-0.4, -0.2) is 53.7 Å². The van der Waals surface area contributed by atoms with Crippen molar-refractivity contribution in [3.05, 3.63) is 35.9 Å². The topological polar surface area (TPSA) is 83.7 Å². The van der Waals surface area contributed by atoms with Crippen molar-refractivity contribution < 1.29 is 14.4 Å². The van der Waals surface area contributed by atoms with Gasteiger partial charge in [-0.1, -0.05) is 30.3 Å². The van der Waals surface area contributed by atoms with Crippen LogP contribution in [0.2, 0.25) is 0 Å². The fourth-order valence-electron chi connectivity index (χ4n) is 3.63. The number of halogens is 1. The maximum Gasteiger partial charge on any atom is 0.229 e. The Morgan fingerprint density at radius 1 is 1.08 bits per heavy atom. The van der Waals surface area contributed by atoms with E-state index in [1.54, 1.807) is 0 Å². The van der Waals surface area contributed by atoms with E-state index in [1.165, 1.54) is 10.5 Å². The molecule has 7 heteroatoms. The maximum atomic E-state index is 12.5. The number of hydrogen-bond donors (Lipinski definition) is 1. The van der Waals surface area contributed by atoms with Crippen LogP contribution in [0, 0.1) is 5.92 Å². The summed E-state index contributed by atoms with van der Waals surface area (Å²) in [7, 11) is 0. The van der Waals surface area contributed by atoms with E-state index in [1.807, 2.05) is 23.1 Å². The minimum absolute atomic E-state index is 0. The Morgan fingerprint density at radius 3 is 2.32 bits per heavy atom. The summed E-state index contributed by atoms with van der Waals surface area (Å²) in [5.41, 5.74) is 7.10. The van der Waals surface area contributed by atoms with E-state index in [2.05, 4.69) is 12.1 Å². The van der Waals surface area contributed by atoms with Gasteiger partial charge in [0.1, 0.15) is 0 Å². The van der Waals surface area contributed by atoms with Crippen LogP contribution in [0.4, 0.5) is 0 Å². The van der Waals surface area contributed by atoms with Crippen molar-refractivity contribution >= 4 is 30.1 Å². The van der Waals surface area contributed by atoms with Crippen LogP contribution in [0.1, 0.15) is 30.7 Å². The van der Waals surface area contributed by atoms with Gasteiger partial charge in [0, 0.05) is 44.8 Å². The number of rotatable bonds is 5. The average molecular weight is 366 g/mol. The molecule has 3 amide bonds. The van der Waals surface area contributed by atoms with Crippen molar-refractivity contribution in [2.24, 2.45) is 11.7 Å². The van der Waals surface area contributed by atoms with Crippen LogP contribution in [0.15, 0.2) is 30.3 Å². The predicted octanol–water partition coefficient (Wildman–Crippen LogP) is 1.15. The second-order valence-corrected chi connectivity index (χ2v) is 6.50. The first-order valence-corrected chi connectivity index (χ1v) is 8.46. The number of amides is 3. The molecular weight excluding hydrogens is 342 g/mol. The van der Waals surface area contributed by atoms with Crippen molar-refractivity contribution in [1.29, 1.82) is 0 Å². The molecule has 6 nitrogen and oxygen atoms in total. The van der Waals surface area contributed by atoms with Gasteiger partial charge in [-0.25, -0.2) is 0 Å². The lowest BCUT2D eigenvalue weighted by atomic mass is 9.89. The fourth-order valence-corrected chi connectivity index (χ4v) is 3.63. The largest absolute Gasteiger partial charge is 0.342 e. The smallest absolute Gasteiger partial charge is 0.229 e. The van der Waals surface area contributed by atoms with Crippen molar-refractivity contribution in [2.45, 2.75) is 25.2 Å². The molecule has 25 heavy (non-hydrogen) atoms. The second kappa shape index (κ2) is 8.45. The van der Waals surface area contributed by atoms with E-state index >= 15 is 0 Å². The molecule has 2 atom stereocenters. The van der Waals surface area contributed by atoms with Crippen LogP contribution in [0.5, 0.6) is 0 Å². The Labute approximate surface area is 153 Å². The Hall–Kier alpha value is -1.92. The molecule has 2 aliphatic rings. The predicted molar refractivity (Wildman–Crippen MR) is 96.1 cm³/mol. The van der Waals surface area contributed by atoms with E-state index in [0.29, 0.717) is 19.6 Å². The molecule has 0 saturated carbocycles. The van der Waals surface area contributed by atoms with Crippen LogP contribution in [0.25, 0.3) is 0 Å². The normalized spacial score (nSPS) is 23.1. The van der Waals surface area contributed by atoms with Crippen LogP contribution >= 0.6 is 12.4 Å². The lowest BCUT2D eigenvalue weighted by molar-refractivity contribution is -0.139. The summed E-state index contributed by atoms with van der Waals surface area (Å²) in [6, 6.07) is 10.1. The zero-order valence-corrected chi connectivity index (χ0v) is 14.9. The van der Waals surface area contributed by atoms with Gasteiger partial charge in [-0.2, -0.15) is 0 Å². The molecule has 0 unspecified atom stereocenters. The molecular formula is C18H24ClN3O3. The third-order valence-electron chi connectivity index (χ3n) is 5.03. The molecule has 2 heterocycles. The summed E-state index contributed by atoms with van der Waals surface area (Å²) in [5, 5.41) is 0. The minimum atomic E-state index is -0.170. The third kappa shape index (κ3) is 4.19.